The molecule has 490 valence electrons. The van der Waals surface area contributed by atoms with E-state index in [1.807, 2.05) is 33.3 Å². The highest BCUT2D eigenvalue weighted by atomic mass is 31.2. The number of phosphoric ester groups is 1. The molecule has 2 N–H and O–H groups in total. The van der Waals surface area contributed by atoms with Crippen LogP contribution < -0.4 is 5.32 Å². The summed E-state index contributed by atoms with van der Waals surface area (Å²) in [7, 11) is 1.45. The van der Waals surface area contributed by atoms with E-state index in [4.69, 9.17) is 13.8 Å². The summed E-state index contributed by atoms with van der Waals surface area (Å²) in [6.07, 6.45) is 92.8. The van der Waals surface area contributed by atoms with Gasteiger partial charge in [-0.05, 0) is 128 Å². The number of quaternary nitrogens is 1. The molecule has 0 aromatic heterocycles. The smallest absolute Gasteiger partial charge is 0.456 e. The van der Waals surface area contributed by atoms with Crippen LogP contribution in [-0.2, 0) is 27.9 Å². The van der Waals surface area contributed by atoms with E-state index in [0.717, 1.165) is 148 Å². The lowest BCUT2D eigenvalue weighted by Gasteiger charge is -2.27. The Morgan fingerprint density at radius 3 is 1.12 bits per heavy atom. The van der Waals surface area contributed by atoms with Gasteiger partial charge < -0.3 is 19.4 Å². The van der Waals surface area contributed by atoms with Gasteiger partial charge >= 0.3 is 13.8 Å². The average Bonchev–Trinajstić information content (AvgIpc) is 3.66. The summed E-state index contributed by atoms with van der Waals surface area (Å²) in [5.41, 5.74) is 0. The molecule has 86 heavy (non-hydrogen) atoms. The van der Waals surface area contributed by atoms with Crippen LogP contribution in [0.25, 0.3) is 0 Å². The number of carbonyl (C=O) groups excluding carboxylic acids is 2. The average molecular weight is 1210 g/mol. The largest absolute Gasteiger partial charge is 0.472 e. The van der Waals surface area contributed by atoms with Gasteiger partial charge in [-0.25, -0.2) is 4.57 Å². The minimum atomic E-state index is -4.47. The molecule has 0 saturated carbocycles. The number of likely N-dealkylation sites (N-methyl/N-ethyl adjacent to an activating group) is 1. The zero-order chi connectivity index (χ0) is 62.8. The fourth-order valence-electron chi connectivity index (χ4n) is 9.26. The molecule has 0 bridgehead atoms. The number of phosphoric acid groups is 1. The number of rotatable bonds is 61. The lowest BCUT2D eigenvalue weighted by molar-refractivity contribution is -0.870. The lowest BCUT2D eigenvalue weighted by atomic mass is 10.0. The number of esters is 1. The van der Waals surface area contributed by atoms with Gasteiger partial charge in [-0.1, -0.05) is 276 Å². The highest BCUT2D eigenvalue weighted by molar-refractivity contribution is 7.47. The van der Waals surface area contributed by atoms with E-state index in [-0.39, 0.29) is 31.5 Å². The van der Waals surface area contributed by atoms with Crippen molar-refractivity contribution in [1.82, 2.24) is 5.32 Å². The minimum absolute atomic E-state index is 0.0258. The van der Waals surface area contributed by atoms with Crippen LogP contribution in [0.3, 0.4) is 0 Å². The number of hydrogen-bond acceptors (Lipinski definition) is 6. The minimum Gasteiger partial charge on any atom is -0.456 e. The van der Waals surface area contributed by atoms with Crippen molar-refractivity contribution in [3.63, 3.8) is 0 Å². The van der Waals surface area contributed by atoms with E-state index in [1.165, 1.54) is 83.5 Å². The number of unbranched alkanes of at least 4 members (excludes halogenated alkanes) is 23. The van der Waals surface area contributed by atoms with Crippen LogP contribution in [0.2, 0.25) is 0 Å². The van der Waals surface area contributed by atoms with E-state index in [9.17, 15) is 19.0 Å². The van der Waals surface area contributed by atoms with Gasteiger partial charge in [0.05, 0.1) is 33.8 Å². The molecular weight excluding hydrogens is 1080 g/mol. The molecule has 0 aliphatic carbocycles. The van der Waals surface area contributed by atoms with E-state index in [2.05, 4.69) is 160 Å². The molecule has 0 aromatic rings. The van der Waals surface area contributed by atoms with Gasteiger partial charge in [0.2, 0.25) is 5.91 Å². The van der Waals surface area contributed by atoms with Crippen molar-refractivity contribution in [3.8, 4) is 0 Å². The Kier molecular flexibility index (Phi) is 60.8. The number of allylic oxidation sites excluding steroid dienone is 23. The summed E-state index contributed by atoms with van der Waals surface area (Å²) in [6.45, 7) is 6.75. The van der Waals surface area contributed by atoms with Crippen molar-refractivity contribution in [3.05, 3.63) is 146 Å². The Morgan fingerprint density at radius 2 is 0.744 bits per heavy atom. The summed E-state index contributed by atoms with van der Waals surface area (Å²) in [5.74, 6) is -0.549. The van der Waals surface area contributed by atoms with Gasteiger partial charge in [0, 0.05) is 12.8 Å². The number of amides is 1. The standard InChI is InChI=1S/C76H129N2O7P/c1-7-10-13-16-19-22-25-28-30-32-34-36-38-39-41-43-45-47-49-51-54-57-60-63-66-69-76(80)85-74(67-64-61-58-55-52-27-24-21-18-15-12-9-3)73(72-84-86(81,82)83-71-70-78(4,5)6)77-75(79)68-65-62-59-56-53-50-48-46-44-42-40-37-35-33-31-29-26-23-20-17-14-11-8-2/h10-11,13-14,19-20,22-23,28-31,34-37,39,41-42,44,48,50,64,67,73-74H,7-9,12,15-18,21,24-27,32-33,38,40,43,45-47,49,51-63,65-66,68-72H2,1-6H3,(H-,77,79,81,82)/p+1/b13-10-,14-11-,22-19-,23-20-,30-28-,31-29-,36-34-,37-35-,41-39-,44-42-,50-48-,67-64+. The van der Waals surface area contributed by atoms with Crippen LogP contribution in [0, 0.1) is 0 Å². The molecule has 0 heterocycles. The van der Waals surface area contributed by atoms with Crippen molar-refractivity contribution in [2.24, 2.45) is 0 Å². The van der Waals surface area contributed by atoms with Crippen LogP contribution >= 0.6 is 7.82 Å². The highest BCUT2D eigenvalue weighted by Crippen LogP contribution is 2.43. The summed E-state index contributed by atoms with van der Waals surface area (Å²) >= 11 is 0. The molecule has 0 aliphatic rings. The maximum Gasteiger partial charge on any atom is 0.472 e. The van der Waals surface area contributed by atoms with Gasteiger partial charge in [0.1, 0.15) is 19.3 Å². The molecule has 0 rings (SSSR count). The Hall–Kier alpha value is -4.11. The summed E-state index contributed by atoms with van der Waals surface area (Å²) < 4.78 is 30.8. The number of carbonyl (C=O) groups is 2. The maximum atomic E-state index is 13.6. The third-order valence-corrected chi connectivity index (χ3v) is 15.5. The number of hydrogen-bond donors (Lipinski definition) is 2. The van der Waals surface area contributed by atoms with Crippen molar-refractivity contribution >= 4 is 19.7 Å². The van der Waals surface area contributed by atoms with Crippen molar-refractivity contribution in [2.75, 3.05) is 40.9 Å². The SMILES string of the molecule is CC/C=C\C/C=C\C/C=C\C/C=C\C/C=C\C/C=C\CCCCCCC(=O)NC(COP(=O)(O)OCC[N+](C)(C)C)C(/C=C/CCCCCCCCCCCC)OC(=O)CCCCCCCCCCC/C=C\C/C=C\C/C=C\C/C=C\C/C=C\CC. The van der Waals surface area contributed by atoms with Crippen molar-refractivity contribution in [1.29, 1.82) is 0 Å². The fraction of sp³-hybridized carbons (Fsp3) is 0.658. The van der Waals surface area contributed by atoms with Crippen LogP contribution in [-0.4, -0.2) is 74.3 Å². The molecule has 3 atom stereocenters. The molecule has 0 fully saturated rings. The normalized spacial score (nSPS) is 14.5. The van der Waals surface area contributed by atoms with Gasteiger partial charge in [-0.2, -0.15) is 0 Å². The molecule has 0 aliphatic heterocycles. The van der Waals surface area contributed by atoms with Crippen LogP contribution in [0.5, 0.6) is 0 Å². The zero-order valence-electron chi connectivity index (χ0n) is 56.0. The van der Waals surface area contributed by atoms with Gasteiger partial charge in [-0.3, -0.25) is 18.6 Å². The van der Waals surface area contributed by atoms with E-state index in [1.54, 1.807) is 0 Å². The Labute approximate surface area is 529 Å². The molecular formula is C76H130N2O7P+. The molecule has 0 spiro atoms. The first-order chi connectivity index (χ1) is 41.9. The number of ether oxygens (including phenoxy) is 1. The van der Waals surface area contributed by atoms with Crippen LogP contribution in [0.15, 0.2) is 146 Å². The van der Waals surface area contributed by atoms with E-state index in [0.29, 0.717) is 23.9 Å². The fourth-order valence-corrected chi connectivity index (χ4v) is 10.00. The molecule has 3 unspecified atom stereocenters. The van der Waals surface area contributed by atoms with Gasteiger partial charge in [-0.15, -0.1) is 0 Å². The first kappa shape index (κ1) is 81.9. The van der Waals surface area contributed by atoms with E-state index < -0.39 is 20.0 Å². The third kappa shape index (κ3) is 64.4. The summed E-state index contributed by atoms with van der Waals surface area (Å²) in [6, 6.07) is -0.877. The van der Waals surface area contributed by atoms with Crippen LogP contribution in [0.4, 0.5) is 0 Å². The Bertz CT molecular complexity index is 1980. The number of nitrogens with zero attached hydrogens (tertiary/aromatic N) is 1. The monoisotopic (exact) mass is 1210 g/mol. The van der Waals surface area contributed by atoms with Gasteiger partial charge in [0.25, 0.3) is 0 Å². The first-order valence-electron chi connectivity index (χ1n) is 34.7. The second-order valence-corrected chi connectivity index (χ2v) is 25.4. The second kappa shape index (κ2) is 63.9. The van der Waals surface area contributed by atoms with E-state index >= 15 is 0 Å². The highest BCUT2D eigenvalue weighted by Gasteiger charge is 2.30. The zero-order valence-corrected chi connectivity index (χ0v) is 56.9. The molecule has 1 amide bonds. The Balaban J connectivity index is 5.19. The topological polar surface area (TPSA) is 111 Å². The predicted molar refractivity (Wildman–Crippen MR) is 373 cm³/mol. The van der Waals surface area contributed by atoms with Gasteiger partial charge in [0.15, 0.2) is 0 Å². The molecule has 0 saturated heterocycles. The Morgan fingerprint density at radius 1 is 0.419 bits per heavy atom. The van der Waals surface area contributed by atoms with Crippen molar-refractivity contribution < 1.29 is 37.3 Å². The predicted octanol–water partition coefficient (Wildman–Crippen LogP) is 22.2. The first-order valence-corrected chi connectivity index (χ1v) is 36.2. The molecule has 9 nitrogen and oxygen atoms in total. The quantitative estimate of drug-likeness (QED) is 0.0205. The van der Waals surface area contributed by atoms with Crippen LogP contribution in [0.1, 0.15) is 271 Å². The third-order valence-electron chi connectivity index (χ3n) is 14.5. The second-order valence-electron chi connectivity index (χ2n) is 23.9. The maximum absolute atomic E-state index is 13.6. The van der Waals surface area contributed by atoms with Crippen molar-refractivity contribution in [2.45, 2.75) is 283 Å². The lowest BCUT2D eigenvalue weighted by Crippen LogP contribution is -2.47. The summed E-state index contributed by atoms with van der Waals surface area (Å²) in [5, 5.41) is 3.05. The summed E-state index contributed by atoms with van der Waals surface area (Å²) in [4.78, 5) is 37.9. The number of nitrogens with one attached hydrogen (secondary N) is 1. The molecule has 0 aromatic carbocycles. The molecule has 0 radical (unpaired) electrons. The molecule has 10 heteroatoms.